The minimum atomic E-state index is -0.386. The third-order valence-electron chi connectivity index (χ3n) is 6.06. The molecule has 33 heavy (non-hydrogen) atoms. The molecular weight excluding hydrogens is 419 g/mol. The Hall–Kier alpha value is -3.15. The van der Waals surface area contributed by atoms with Crippen LogP contribution in [0.15, 0.2) is 54.2 Å². The van der Waals surface area contributed by atoms with E-state index in [1.165, 1.54) is 17.0 Å². The molecule has 1 fully saturated rings. The lowest BCUT2D eigenvalue weighted by atomic mass is 9.91. The summed E-state index contributed by atoms with van der Waals surface area (Å²) < 4.78 is 19.3. The number of ether oxygens (including phenoxy) is 1. The minimum Gasteiger partial charge on any atom is -0.493 e. The molecule has 0 aromatic heterocycles. The van der Waals surface area contributed by atoms with E-state index in [1.807, 2.05) is 4.90 Å². The minimum absolute atomic E-state index is 0.335. The molecule has 2 aromatic rings. The molecule has 5 nitrogen and oxygen atoms in total. The summed E-state index contributed by atoms with van der Waals surface area (Å²) in [7, 11) is 0. The molecule has 174 valence electrons. The lowest BCUT2D eigenvalue weighted by Crippen LogP contribution is -2.42. The Morgan fingerprint density at radius 2 is 1.55 bits per heavy atom. The Morgan fingerprint density at radius 3 is 2.12 bits per heavy atom. The maximum atomic E-state index is 13.7. The highest BCUT2D eigenvalue weighted by atomic mass is 19.1. The molecule has 2 amide bonds. The van der Waals surface area contributed by atoms with E-state index in [-0.39, 0.29) is 17.6 Å². The molecule has 0 N–H and O–H groups in total. The average Bonchev–Trinajstić information content (AvgIpc) is 3.02. The molecule has 4 rings (SSSR count). The Labute approximate surface area is 194 Å². The third kappa shape index (κ3) is 4.80. The predicted molar refractivity (Wildman–Crippen MR) is 127 cm³/mol. The smallest absolute Gasteiger partial charge is 0.282 e. The van der Waals surface area contributed by atoms with E-state index in [9.17, 15) is 14.0 Å². The molecule has 1 saturated heterocycles. The molecule has 0 saturated carbocycles. The van der Waals surface area contributed by atoms with Gasteiger partial charge >= 0.3 is 0 Å². The highest BCUT2D eigenvalue weighted by Crippen LogP contribution is 2.37. The summed E-state index contributed by atoms with van der Waals surface area (Å²) in [6.07, 6.45) is 1.08. The van der Waals surface area contributed by atoms with Crippen molar-refractivity contribution in [2.24, 2.45) is 17.8 Å². The number of rotatable bonds is 6. The summed E-state index contributed by atoms with van der Waals surface area (Å²) in [6, 6.07) is 12.8. The number of likely N-dealkylation sites (tertiary alicyclic amines) is 1. The number of imide groups is 1. The van der Waals surface area contributed by atoms with Crippen molar-refractivity contribution >= 4 is 23.1 Å². The number of piperidine rings is 1. The van der Waals surface area contributed by atoms with E-state index >= 15 is 0 Å². The van der Waals surface area contributed by atoms with Gasteiger partial charge in [0.25, 0.3) is 11.8 Å². The summed E-state index contributed by atoms with van der Waals surface area (Å²) in [5.41, 5.74) is 1.79. The molecule has 2 aliphatic rings. The van der Waals surface area contributed by atoms with Gasteiger partial charge in [-0.1, -0.05) is 39.8 Å². The van der Waals surface area contributed by atoms with Crippen LogP contribution in [0.2, 0.25) is 0 Å². The van der Waals surface area contributed by atoms with Crippen molar-refractivity contribution in [2.45, 2.75) is 34.1 Å². The second-order valence-electron chi connectivity index (χ2n) is 9.73. The van der Waals surface area contributed by atoms with Crippen molar-refractivity contribution in [2.75, 3.05) is 24.6 Å². The van der Waals surface area contributed by atoms with Crippen molar-refractivity contribution in [3.8, 4) is 5.75 Å². The number of anilines is 1. The first-order valence-corrected chi connectivity index (χ1v) is 11.6. The van der Waals surface area contributed by atoms with E-state index in [2.05, 4.69) is 27.7 Å². The van der Waals surface area contributed by atoms with Gasteiger partial charge < -0.3 is 9.64 Å². The number of hydrogen-bond acceptors (Lipinski definition) is 4. The van der Waals surface area contributed by atoms with Crippen LogP contribution in [0.5, 0.6) is 5.75 Å². The summed E-state index contributed by atoms with van der Waals surface area (Å²) in [6.45, 7) is 10.5. The first kappa shape index (κ1) is 23.0. The quantitative estimate of drug-likeness (QED) is 0.573. The molecule has 2 atom stereocenters. The first-order valence-electron chi connectivity index (χ1n) is 11.6. The number of carbonyl (C=O) groups is 2. The number of nitrogens with zero attached hydrogens (tertiary/aromatic N) is 2. The fourth-order valence-electron chi connectivity index (χ4n) is 4.72. The zero-order valence-corrected chi connectivity index (χ0v) is 19.7. The van der Waals surface area contributed by atoms with Gasteiger partial charge in [0, 0.05) is 13.1 Å². The maximum Gasteiger partial charge on any atom is 0.282 e. The summed E-state index contributed by atoms with van der Waals surface area (Å²) in [5.74, 6) is 0.796. The number of hydrogen-bond donors (Lipinski definition) is 0. The van der Waals surface area contributed by atoms with Crippen LogP contribution in [0, 0.1) is 23.6 Å². The Bertz CT molecular complexity index is 1050. The van der Waals surface area contributed by atoms with Crippen LogP contribution in [0.3, 0.4) is 0 Å². The van der Waals surface area contributed by atoms with E-state index in [4.69, 9.17) is 4.74 Å². The number of benzene rings is 2. The topological polar surface area (TPSA) is 49.9 Å². The largest absolute Gasteiger partial charge is 0.493 e. The highest BCUT2D eigenvalue weighted by Gasteiger charge is 2.43. The van der Waals surface area contributed by atoms with Crippen LogP contribution in [0.25, 0.3) is 5.57 Å². The summed E-state index contributed by atoms with van der Waals surface area (Å²) in [4.78, 5) is 30.6. The molecule has 2 heterocycles. The van der Waals surface area contributed by atoms with E-state index in [0.717, 1.165) is 6.42 Å². The van der Waals surface area contributed by atoms with E-state index < -0.39 is 0 Å². The molecule has 0 radical (unpaired) electrons. The van der Waals surface area contributed by atoms with Crippen LogP contribution in [-0.4, -0.2) is 36.4 Å². The van der Waals surface area contributed by atoms with Crippen molar-refractivity contribution < 1.29 is 18.7 Å². The van der Waals surface area contributed by atoms with Gasteiger partial charge in [-0.25, -0.2) is 9.29 Å². The normalized spacial score (nSPS) is 21.4. The number of carbonyl (C=O) groups excluding carboxylic acids is 2. The van der Waals surface area contributed by atoms with Crippen LogP contribution < -0.4 is 9.64 Å². The zero-order chi connectivity index (χ0) is 23.7. The lowest BCUT2D eigenvalue weighted by Gasteiger charge is -2.37. The number of amides is 2. The van der Waals surface area contributed by atoms with Gasteiger partial charge in [0.05, 0.1) is 17.9 Å². The zero-order valence-electron chi connectivity index (χ0n) is 19.7. The summed E-state index contributed by atoms with van der Waals surface area (Å²) >= 11 is 0. The monoisotopic (exact) mass is 450 g/mol. The second-order valence-corrected chi connectivity index (χ2v) is 9.73. The Kier molecular flexibility index (Phi) is 6.54. The van der Waals surface area contributed by atoms with Gasteiger partial charge in [-0.05, 0) is 66.1 Å². The van der Waals surface area contributed by atoms with Crippen LogP contribution >= 0.6 is 0 Å². The van der Waals surface area contributed by atoms with E-state index in [0.29, 0.717) is 65.7 Å². The average molecular weight is 451 g/mol. The van der Waals surface area contributed by atoms with Gasteiger partial charge in [-0.2, -0.15) is 0 Å². The standard InChI is InChI=1S/C27H31FN2O3/c1-17(2)16-33-23-11-9-22(10-12-23)30-26(31)24(20-5-7-21(28)8-6-20)25(27(30)32)29-14-18(3)13-19(4)15-29/h5-12,17-19H,13-16H2,1-4H3. The van der Waals surface area contributed by atoms with Crippen molar-refractivity contribution in [1.82, 2.24) is 4.90 Å². The van der Waals surface area contributed by atoms with Crippen molar-refractivity contribution in [3.05, 3.63) is 65.6 Å². The number of halogens is 1. The molecule has 2 aliphatic heterocycles. The predicted octanol–water partition coefficient (Wildman–Crippen LogP) is 5.12. The van der Waals surface area contributed by atoms with Gasteiger partial charge in [-0.15, -0.1) is 0 Å². The molecule has 6 heteroatoms. The third-order valence-corrected chi connectivity index (χ3v) is 6.06. The Balaban J connectivity index is 1.71. The van der Waals surface area contributed by atoms with Crippen LogP contribution in [0.1, 0.15) is 39.7 Å². The van der Waals surface area contributed by atoms with Crippen LogP contribution in [-0.2, 0) is 9.59 Å². The van der Waals surface area contributed by atoms with Gasteiger partial charge in [0.1, 0.15) is 17.3 Å². The van der Waals surface area contributed by atoms with E-state index in [1.54, 1.807) is 36.4 Å². The maximum absolute atomic E-state index is 13.7. The SMILES string of the molecule is CC(C)COc1ccc(N2C(=O)C(c3ccc(F)cc3)=C(N3CC(C)CC(C)C3)C2=O)cc1. The molecule has 2 unspecified atom stereocenters. The summed E-state index contributed by atoms with van der Waals surface area (Å²) in [5, 5.41) is 0. The Morgan fingerprint density at radius 1 is 0.939 bits per heavy atom. The van der Waals surface area contributed by atoms with Gasteiger partial charge in [0.2, 0.25) is 0 Å². The fraction of sp³-hybridized carbons (Fsp3) is 0.407. The van der Waals surface area contributed by atoms with Gasteiger partial charge in [0.15, 0.2) is 0 Å². The molecule has 0 bridgehead atoms. The lowest BCUT2D eigenvalue weighted by molar-refractivity contribution is -0.120. The van der Waals surface area contributed by atoms with Crippen molar-refractivity contribution in [1.29, 1.82) is 0 Å². The molecular formula is C27H31FN2O3. The van der Waals surface area contributed by atoms with Crippen molar-refractivity contribution in [3.63, 3.8) is 0 Å². The van der Waals surface area contributed by atoms with Crippen LogP contribution in [0.4, 0.5) is 10.1 Å². The first-order chi connectivity index (χ1) is 15.7. The molecule has 0 aliphatic carbocycles. The molecule has 0 spiro atoms. The molecule has 2 aromatic carbocycles. The second kappa shape index (κ2) is 9.38. The highest BCUT2D eigenvalue weighted by molar-refractivity contribution is 6.45. The van der Waals surface area contributed by atoms with Gasteiger partial charge in [-0.3, -0.25) is 9.59 Å². The fourth-order valence-corrected chi connectivity index (χ4v) is 4.72.